The van der Waals surface area contributed by atoms with E-state index in [1.54, 1.807) is 0 Å². The number of halogens is 3. The normalized spacial score (nSPS) is 15.6. The van der Waals surface area contributed by atoms with Crippen LogP contribution < -0.4 is 4.90 Å². The van der Waals surface area contributed by atoms with E-state index in [-0.39, 0.29) is 9.92 Å². The Morgan fingerprint density at radius 1 is 1.10 bits per heavy atom. The molecule has 152 valence electrons. The molecule has 0 bridgehead atoms. The van der Waals surface area contributed by atoms with Crippen molar-refractivity contribution >= 4 is 54.0 Å². The van der Waals surface area contributed by atoms with Crippen LogP contribution in [0.3, 0.4) is 0 Å². The molecule has 1 saturated heterocycles. The van der Waals surface area contributed by atoms with E-state index in [9.17, 15) is 12.8 Å². The first-order chi connectivity index (χ1) is 13.8. The Morgan fingerprint density at radius 3 is 2.55 bits per heavy atom. The van der Waals surface area contributed by atoms with Crippen LogP contribution in [-0.2, 0) is 10.0 Å². The van der Waals surface area contributed by atoms with Crippen molar-refractivity contribution in [1.29, 1.82) is 0 Å². The number of nitrogens with zero attached hydrogens (tertiary/aromatic N) is 3. The van der Waals surface area contributed by atoms with Gasteiger partial charge in [-0.2, -0.15) is 4.31 Å². The molecule has 1 fully saturated rings. The average molecular weight is 517 g/mol. The van der Waals surface area contributed by atoms with Crippen molar-refractivity contribution in [3.8, 4) is 11.3 Å². The van der Waals surface area contributed by atoms with E-state index in [1.165, 1.54) is 21.7 Å². The average Bonchev–Trinajstić information content (AvgIpc) is 3.20. The third kappa shape index (κ3) is 4.34. The Morgan fingerprint density at radius 2 is 1.86 bits per heavy atom. The zero-order chi connectivity index (χ0) is 20.6. The molecule has 10 heteroatoms. The van der Waals surface area contributed by atoms with Gasteiger partial charge in [0, 0.05) is 41.6 Å². The minimum Gasteiger partial charge on any atom is -0.345 e. The molecule has 0 aliphatic carbocycles. The number of aromatic nitrogens is 1. The first-order valence-corrected chi connectivity index (χ1v) is 12.3. The van der Waals surface area contributed by atoms with Crippen LogP contribution in [0.2, 0.25) is 5.02 Å². The Kier molecular flexibility index (Phi) is 5.94. The number of sulfonamides is 1. The van der Waals surface area contributed by atoms with Gasteiger partial charge in [-0.15, -0.1) is 11.3 Å². The first-order valence-electron chi connectivity index (χ1n) is 8.76. The highest BCUT2D eigenvalue weighted by atomic mass is 79.9. The second-order valence-electron chi connectivity index (χ2n) is 6.49. The number of hydrogen-bond donors (Lipinski definition) is 0. The van der Waals surface area contributed by atoms with Crippen molar-refractivity contribution in [3.63, 3.8) is 0 Å². The summed E-state index contributed by atoms with van der Waals surface area (Å²) in [6, 6.07) is 11.4. The largest absolute Gasteiger partial charge is 0.345 e. The van der Waals surface area contributed by atoms with Crippen molar-refractivity contribution in [2.24, 2.45) is 0 Å². The molecule has 2 heterocycles. The summed E-state index contributed by atoms with van der Waals surface area (Å²) in [7, 11) is -3.72. The molecule has 5 nitrogen and oxygen atoms in total. The number of anilines is 1. The Labute approximate surface area is 185 Å². The minimum atomic E-state index is -3.72. The summed E-state index contributed by atoms with van der Waals surface area (Å²) >= 11 is 10.8. The molecule has 0 saturated carbocycles. The molecule has 0 radical (unpaired) electrons. The molecule has 0 atom stereocenters. The first kappa shape index (κ1) is 20.7. The highest BCUT2D eigenvalue weighted by Gasteiger charge is 2.30. The van der Waals surface area contributed by atoms with Gasteiger partial charge in [0.15, 0.2) is 5.13 Å². The van der Waals surface area contributed by atoms with Crippen molar-refractivity contribution in [2.75, 3.05) is 31.1 Å². The molecular weight excluding hydrogens is 501 g/mol. The summed E-state index contributed by atoms with van der Waals surface area (Å²) in [4.78, 5) is 6.79. The summed E-state index contributed by atoms with van der Waals surface area (Å²) in [6.45, 7) is 1.70. The maximum Gasteiger partial charge on any atom is 0.243 e. The van der Waals surface area contributed by atoms with Gasteiger partial charge in [-0.3, -0.25) is 0 Å². The molecule has 29 heavy (non-hydrogen) atoms. The van der Waals surface area contributed by atoms with Crippen LogP contribution in [0, 0.1) is 5.82 Å². The zero-order valence-electron chi connectivity index (χ0n) is 15.1. The Hall–Kier alpha value is -1.52. The third-order valence-corrected chi connectivity index (χ3v) is 8.23. The van der Waals surface area contributed by atoms with Gasteiger partial charge in [-0.25, -0.2) is 17.8 Å². The SMILES string of the molecule is O=S(=O)(c1ccc(F)c(Cl)c1)N1CCN(c2nc(-c3cccc(Br)c3)cs2)CC1. The van der Waals surface area contributed by atoms with E-state index in [0.29, 0.717) is 26.2 Å². The second kappa shape index (κ2) is 8.31. The fourth-order valence-corrected chi connectivity index (χ4v) is 6.08. The van der Waals surface area contributed by atoms with Gasteiger partial charge < -0.3 is 4.90 Å². The van der Waals surface area contributed by atoms with Gasteiger partial charge in [0.1, 0.15) is 5.82 Å². The van der Waals surface area contributed by atoms with Crippen LogP contribution in [-0.4, -0.2) is 43.9 Å². The summed E-state index contributed by atoms with van der Waals surface area (Å²) in [5, 5.41) is 2.66. The summed E-state index contributed by atoms with van der Waals surface area (Å²) in [5.41, 5.74) is 1.92. The summed E-state index contributed by atoms with van der Waals surface area (Å²) in [5.74, 6) is -0.638. The zero-order valence-corrected chi connectivity index (χ0v) is 19.0. The van der Waals surface area contributed by atoms with Crippen LogP contribution >= 0.6 is 38.9 Å². The summed E-state index contributed by atoms with van der Waals surface area (Å²) in [6.07, 6.45) is 0. The minimum absolute atomic E-state index is 0.00328. The fraction of sp³-hybridized carbons (Fsp3) is 0.211. The van der Waals surface area contributed by atoms with E-state index in [4.69, 9.17) is 16.6 Å². The van der Waals surface area contributed by atoms with Crippen molar-refractivity contribution in [2.45, 2.75) is 4.90 Å². The van der Waals surface area contributed by atoms with E-state index < -0.39 is 15.8 Å². The second-order valence-corrected chi connectivity index (χ2v) is 10.6. The molecule has 2 aromatic carbocycles. The lowest BCUT2D eigenvalue weighted by atomic mass is 10.2. The number of piperazine rings is 1. The molecule has 0 N–H and O–H groups in total. The quantitative estimate of drug-likeness (QED) is 0.496. The molecule has 1 aliphatic heterocycles. The van der Waals surface area contributed by atoms with Crippen molar-refractivity contribution < 1.29 is 12.8 Å². The van der Waals surface area contributed by atoms with Crippen LogP contribution in [0.1, 0.15) is 0 Å². The maximum absolute atomic E-state index is 13.4. The van der Waals surface area contributed by atoms with Crippen LogP contribution in [0.15, 0.2) is 57.2 Å². The summed E-state index contributed by atoms with van der Waals surface area (Å²) < 4.78 is 41.4. The number of thiazole rings is 1. The van der Waals surface area contributed by atoms with Gasteiger partial charge in [0.2, 0.25) is 10.0 Å². The molecular formula is C19H16BrClFN3O2S2. The lowest BCUT2D eigenvalue weighted by molar-refractivity contribution is 0.384. The monoisotopic (exact) mass is 515 g/mol. The fourth-order valence-electron chi connectivity index (χ4n) is 3.10. The van der Waals surface area contributed by atoms with Gasteiger partial charge >= 0.3 is 0 Å². The molecule has 0 unspecified atom stereocenters. The lowest BCUT2D eigenvalue weighted by Gasteiger charge is -2.33. The van der Waals surface area contributed by atoms with E-state index >= 15 is 0 Å². The van der Waals surface area contributed by atoms with Crippen LogP contribution in [0.25, 0.3) is 11.3 Å². The highest BCUT2D eigenvalue weighted by Crippen LogP contribution is 2.30. The Balaban J connectivity index is 1.46. The molecule has 1 aromatic heterocycles. The number of benzene rings is 2. The van der Waals surface area contributed by atoms with Crippen molar-refractivity contribution in [1.82, 2.24) is 9.29 Å². The predicted molar refractivity (Wildman–Crippen MR) is 118 cm³/mol. The number of rotatable bonds is 4. The topological polar surface area (TPSA) is 53.5 Å². The van der Waals surface area contributed by atoms with E-state index in [0.717, 1.165) is 33.0 Å². The van der Waals surface area contributed by atoms with Gasteiger partial charge in [0.05, 0.1) is 15.6 Å². The van der Waals surface area contributed by atoms with E-state index in [2.05, 4.69) is 20.8 Å². The standard InChI is InChI=1S/C19H16BrClFN3O2S2/c20-14-3-1-2-13(10-14)18-12-28-19(23-18)24-6-8-25(9-7-24)29(26,27)15-4-5-17(22)16(21)11-15/h1-5,10-12H,6-9H2. The highest BCUT2D eigenvalue weighted by molar-refractivity contribution is 9.10. The lowest BCUT2D eigenvalue weighted by Crippen LogP contribution is -2.48. The van der Waals surface area contributed by atoms with Gasteiger partial charge in [-0.1, -0.05) is 39.7 Å². The third-order valence-electron chi connectivity index (χ3n) is 4.65. The smallest absolute Gasteiger partial charge is 0.243 e. The Bertz CT molecular complexity index is 1150. The van der Waals surface area contributed by atoms with Crippen LogP contribution in [0.5, 0.6) is 0 Å². The van der Waals surface area contributed by atoms with Gasteiger partial charge in [-0.05, 0) is 30.3 Å². The molecule has 4 rings (SSSR count). The molecule has 1 aliphatic rings. The van der Waals surface area contributed by atoms with E-state index in [1.807, 2.05) is 29.6 Å². The van der Waals surface area contributed by atoms with Gasteiger partial charge in [0.25, 0.3) is 0 Å². The molecule has 3 aromatic rings. The number of hydrogen-bond acceptors (Lipinski definition) is 5. The predicted octanol–water partition coefficient (Wildman–Crippen LogP) is 4.88. The maximum atomic E-state index is 13.4. The molecule has 0 amide bonds. The van der Waals surface area contributed by atoms with Crippen molar-refractivity contribution in [3.05, 3.63) is 63.2 Å². The van der Waals surface area contributed by atoms with Crippen LogP contribution in [0.4, 0.5) is 9.52 Å². The molecule has 0 spiro atoms.